The highest BCUT2D eigenvalue weighted by Crippen LogP contribution is 2.45. The summed E-state index contributed by atoms with van der Waals surface area (Å²) in [7, 11) is 0. The molecule has 0 aliphatic heterocycles. The molecular weight excluding hydrogens is 256 g/mol. The summed E-state index contributed by atoms with van der Waals surface area (Å²) in [5.41, 5.74) is 2.46. The first-order chi connectivity index (χ1) is 9.64. The monoisotopic (exact) mass is 278 g/mol. The molecule has 3 rings (SSSR count). The first kappa shape index (κ1) is 13.4. The number of anilines is 2. The van der Waals surface area contributed by atoms with Gasteiger partial charge in [0, 0.05) is 6.04 Å². The number of rotatable bonds is 5. The van der Waals surface area contributed by atoms with Gasteiger partial charge in [0.1, 0.15) is 0 Å². The lowest BCUT2D eigenvalue weighted by atomic mass is 9.95. The number of nitrogen functional groups attached to an aromatic ring is 1. The summed E-state index contributed by atoms with van der Waals surface area (Å²) in [6, 6.07) is 0.766. The Morgan fingerprint density at radius 1 is 1.15 bits per heavy atom. The van der Waals surface area contributed by atoms with Crippen LogP contribution in [0, 0.1) is 11.8 Å². The number of nitrogens with one attached hydrogen (secondary N) is 2. The molecule has 1 heterocycles. The van der Waals surface area contributed by atoms with Crippen molar-refractivity contribution in [2.24, 2.45) is 17.7 Å². The van der Waals surface area contributed by atoms with Crippen molar-refractivity contribution in [3.05, 3.63) is 0 Å². The molecule has 1 aromatic heterocycles. The van der Waals surface area contributed by atoms with Crippen LogP contribution in [0.4, 0.5) is 11.9 Å². The third kappa shape index (κ3) is 2.77. The van der Waals surface area contributed by atoms with Gasteiger partial charge in [0.05, 0.1) is 6.10 Å². The second-order valence-electron chi connectivity index (χ2n) is 6.00. The largest absolute Gasteiger partial charge is 0.461 e. The highest BCUT2D eigenvalue weighted by molar-refractivity contribution is 5.36. The molecule has 3 atom stereocenters. The first-order valence-corrected chi connectivity index (χ1v) is 7.30. The molecule has 110 valence electrons. The highest BCUT2D eigenvalue weighted by atomic mass is 16.5. The summed E-state index contributed by atoms with van der Waals surface area (Å²) in [5, 5.41) is 3.42. The predicted octanol–water partition coefficient (Wildman–Crippen LogP) is 1.54. The zero-order valence-corrected chi connectivity index (χ0v) is 12.0. The van der Waals surface area contributed by atoms with Gasteiger partial charge in [0.2, 0.25) is 11.9 Å². The second-order valence-corrected chi connectivity index (χ2v) is 6.00. The molecule has 2 aliphatic carbocycles. The minimum absolute atomic E-state index is 0.0124. The second kappa shape index (κ2) is 5.40. The van der Waals surface area contributed by atoms with E-state index in [4.69, 9.17) is 10.6 Å². The van der Waals surface area contributed by atoms with Crippen molar-refractivity contribution in [1.29, 1.82) is 0 Å². The van der Waals surface area contributed by atoms with Gasteiger partial charge in [-0.15, -0.1) is 0 Å². The van der Waals surface area contributed by atoms with Crippen molar-refractivity contribution in [3.63, 3.8) is 0 Å². The van der Waals surface area contributed by atoms with Crippen LogP contribution in [0.5, 0.6) is 6.01 Å². The molecule has 0 radical (unpaired) electrons. The average Bonchev–Trinajstić information content (AvgIpc) is 2.99. The van der Waals surface area contributed by atoms with Crippen molar-refractivity contribution >= 4 is 11.9 Å². The molecule has 0 amide bonds. The van der Waals surface area contributed by atoms with Crippen LogP contribution >= 0.6 is 0 Å². The first-order valence-electron chi connectivity index (χ1n) is 7.30. The van der Waals surface area contributed by atoms with Crippen molar-refractivity contribution in [2.75, 3.05) is 10.7 Å². The molecule has 3 unspecified atom stereocenters. The maximum absolute atomic E-state index is 5.53. The summed E-state index contributed by atoms with van der Waals surface area (Å²) in [4.78, 5) is 12.7. The van der Waals surface area contributed by atoms with E-state index >= 15 is 0 Å². The Labute approximate surface area is 118 Å². The number of hydrogen-bond donors (Lipinski definition) is 3. The molecule has 4 N–H and O–H groups in total. The third-order valence-corrected chi connectivity index (χ3v) is 4.14. The van der Waals surface area contributed by atoms with Gasteiger partial charge in [-0.3, -0.25) is 5.43 Å². The fourth-order valence-electron chi connectivity index (χ4n) is 3.34. The zero-order valence-electron chi connectivity index (χ0n) is 12.0. The molecule has 2 aliphatic rings. The summed E-state index contributed by atoms with van der Waals surface area (Å²) < 4.78 is 5.53. The number of fused-ring (bicyclic) bond motifs is 2. The number of nitrogens with two attached hydrogens (primary N) is 1. The van der Waals surface area contributed by atoms with Crippen molar-refractivity contribution in [2.45, 2.75) is 51.7 Å². The van der Waals surface area contributed by atoms with Crippen molar-refractivity contribution in [1.82, 2.24) is 15.0 Å². The van der Waals surface area contributed by atoms with Gasteiger partial charge in [-0.2, -0.15) is 15.0 Å². The number of nitrogens with zero attached hydrogens (tertiary/aromatic N) is 3. The van der Waals surface area contributed by atoms with E-state index in [0.717, 1.165) is 11.8 Å². The smallest absolute Gasteiger partial charge is 0.323 e. The van der Waals surface area contributed by atoms with Gasteiger partial charge in [-0.25, -0.2) is 5.84 Å². The summed E-state index contributed by atoms with van der Waals surface area (Å²) in [6.07, 6.45) is 5.24. The summed E-state index contributed by atoms with van der Waals surface area (Å²) >= 11 is 0. The predicted molar refractivity (Wildman–Crippen MR) is 76.3 cm³/mol. The van der Waals surface area contributed by atoms with Crippen molar-refractivity contribution < 1.29 is 4.74 Å². The Kier molecular flexibility index (Phi) is 3.60. The van der Waals surface area contributed by atoms with Crippen LogP contribution in [0.2, 0.25) is 0 Å². The minimum Gasteiger partial charge on any atom is -0.461 e. The molecule has 2 saturated carbocycles. The maximum Gasteiger partial charge on any atom is 0.323 e. The van der Waals surface area contributed by atoms with Crippen molar-refractivity contribution in [3.8, 4) is 6.01 Å². The van der Waals surface area contributed by atoms with Crippen LogP contribution in [0.1, 0.15) is 39.5 Å². The molecule has 2 bridgehead atoms. The van der Waals surface area contributed by atoms with Gasteiger partial charge in [0.15, 0.2) is 0 Å². The fraction of sp³-hybridized carbons (Fsp3) is 0.769. The van der Waals surface area contributed by atoms with Crippen LogP contribution in [0.15, 0.2) is 0 Å². The summed E-state index contributed by atoms with van der Waals surface area (Å²) in [5.74, 6) is 7.89. The molecule has 7 nitrogen and oxygen atoms in total. The number of hydrogen-bond acceptors (Lipinski definition) is 7. The Bertz CT molecular complexity index is 480. The maximum atomic E-state index is 5.53. The Morgan fingerprint density at radius 3 is 2.55 bits per heavy atom. The van der Waals surface area contributed by atoms with Gasteiger partial charge < -0.3 is 10.1 Å². The van der Waals surface area contributed by atoms with Gasteiger partial charge >= 0.3 is 6.01 Å². The van der Waals surface area contributed by atoms with E-state index in [9.17, 15) is 0 Å². The normalized spacial score (nSPS) is 27.9. The topological polar surface area (TPSA) is 98.0 Å². The van der Waals surface area contributed by atoms with Gasteiger partial charge in [0.25, 0.3) is 0 Å². The van der Waals surface area contributed by atoms with E-state index in [0.29, 0.717) is 23.9 Å². The van der Waals surface area contributed by atoms with E-state index in [1.807, 2.05) is 13.8 Å². The van der Waals surface area contributed by atoms with Crippen LogP contribution in [-0.4, -0.2) is 27.1 Å². The van der Waals surface area contributed by atoms with Gasteiger partial charge in [-0.05, 0) is 44.9 Å². The Morgan fingerprint density at radius 2 is 1.95 bits per heavy atom. The third-order valence-electron chi connectivity index (χ3n) is 4.14. The Hall–Kier alpha value is -1.63. The molecule has 2 fully saturated rings. The minimum atomic E-state index is 0.0124. The SMILES string of the molecule is CC(C)Oc1nc(NN)nc(NC2CC3CCC2C3)n1. The fourth-order valence-corrected chi connectivity index (χ4v) is 3.34. The van der Waals surface area contributed by atoms with E-state index < -0.39 is 0 Å². The number of aromatic nitrogens is 3. The van der Waals surface area contributed by atoms with Gasteiger partial charge in [-0.1, -0.05) is 6.42 Å². The number of hydrazine groups is 1. The average molecular weight is 278 g/mol. The molecule has 7 heteroatoms. The lowest BCUT2D eigenvalue weighted by molar-refractivity contribution is 0.222. The van der Waals surface area contributed by atoms with Crippen LogP contribution in [-0.2, 0) is 0 Å². The zero-order chi connectivity index (χ0) is 14.1. The molecule has 0 spiro atoms. The molecule has 1 aromatic rings. The van der Waals surface area contributed by atoms with E-state index in [-0.39, 0.29) is 6.10 Å². The van der Waals surface area contributed by atoms with Crippen LogP contribution in [0.25, 0.3) is 0 Å². The quantitative estimate of drug-likeness (QED) is 0.555. The lowest BCUT2D eigenvalue weighted by Gasteiger charge is -2.23. The van der Waals surface area contributed by atoms with E-state index in [1.54, 1.807) is 0 Å². The molecule has 20 heavy (non-hydrogen) atoms. The molecular formula is C13H22N6O. The summed E-state index contributed by atoms with van der Waals surface area (Å²) in [6.45, 7) is 3.87. The van der Waals surface area contributed by atoms with E-state index in [2.05, 4.69) is 25.7 Å². The lowest BCUT2D eigenvalue weighted by Crippen LogP contribution is -2.27. The standard InChI is InChI=1S/C13H22N6O/c1-7(2)20-13-17-11(16-12(18-13)19-14)15-10-6-8-3-4-9(10)5-8/h7-10H,3-6,14H2,1-2H3,(H2,15,16,17,18,19). The molecule has 0 aromatic carbocycles. The van der Waals surface area contributed by atoms with Crippen LogP contribution < -0.4 is 21.3 Å². The highest BCUT2D eigenvalue weighted by Gasteiger charge is 2.39. The molecule has 0 saturated heterocycles. The van der Waals surface area contributed by atoms with Crippen LogP contribution in [0.3, 0.4) is 0 Å². The van der Waals surface area contributed by atoms with E-state index in [1.165, 1.54) is 25.7 Å². The Balaban J connectivity index is 1.74. The number of ether oxygens (including phenoxy) is 1.